The van der Waals surface area contributed by atoms with Gasteiger partial charge in [0.2, 0.25) is 0 Å². The highest BCUT2D eigenvalue weighted by atomic mass is 35.5. The number of benzene rings is 2. The third kappa shape index (κ3) is 13.0. The molecule has 174 valence electrons. The summed E-state index contributed by atoms with van der Waals surface area (Å²) < 4.78 is 0. The molecule has 1 atom stereocenters. The molecule has 0 saturated carbocycles. The minimum absolute atomic E-state index is 0.341. The molecule has 0 aliphatic heterocycles. The quantitative estimate of drug-likeness (QED) is 0.320. The number of rotatable bonds is 6. The lowest BCUT2D eigenvalue weighted by Crippen LogP contribution is -3.09. The van der Waals surface area contributed by atoms with E-state index in [1.54, 1.807) is 0 Å². The van der Waals surface area contributed by atoms with E-state index in [0.717, 1.165) is 18.1 Å². The number of nitrogens with two attached hydrogens (primary N) is 1. The molecule has 2 aromatic carbocycles. The minimum atomic E-state index is -2.07. The predicted molar refractivity (Wildman–Crippen MR) is 109 cm³/mol. The zero-order chi connectivity index (χ0) is 24.7. The summed E-state index contributed by atoms with van der Waals surface area (Å²) in [5.41, 5.74) is 2.64. The molecule has 0 aliphatic carbocycles. The summed E-state index contributed by atoms with van der Waals surface area (Å²) >= 11 is 5.99. The average molecular weight is 469 g/mol. The highest BCUT2D eigenvalue weighted by molar-refractivity contribution is 6.30. The molecule has 0 amide bonds. The van der Waals surface area contributed by atoms with Crippen LogP contribution in [0.25, 0.3) is 0 Å². The SMILES string of the molecule is C[NH+](C)CC[NH2+]C(c1ccccc1)c1ccc(Cl)cc1.O=C([O-])C(=O)O.O=C([O-])C(=O)O. The molecule has 2 aromatic rings. The Kier molecular flexibility index (Phi) is 13.7. The van der Waals surface area contributed by atoms with Crippen molar-refractivity contribution < 1.29 is 49.8 Å². The van der Waals surface area contributed by atoms with Crippen molar-refractivity contribution in [3.8, 4) is 0 Å². The van der Waals surface area contributed by atoms with Gasteiger partial charge in [-0.05, 0) is 12.1 Å². The summed E-state index contributed by atoms with van der Waals surface area (Å²) in [6.45, 7) is 2.25. The Labute approximate surface area is 189 Å². The van der Waals surface area contributed by atoms with Crippen molar-refractivity contribution in [2.24, 2.45) is 0 Å². The summed E-state index contributed by atoms with van der Waals surface area (Å²) in [5, 5.41) is 35.8. The normalized spacial score (nSPS) is 10.6. The number of carbonyl (C=O) groups excluding carboxylic acids is 2. The largest absolute Gasteiger partial charge is 0.539 e. The number of hydrogen-bond donors (Lipinski definition) is 4. The number of aliphatic carboxylic acids is 4. The maximum absolute atomic E-state index is 9.04. The van der Waals surface area contributed by atoms with E-state index in [2.05, 4.69) is 61.9 Å². The van der Waals surface area contributed by atoms with Crippen LogP contribution in [0.1, 0.15) is 17.2 Å². The summed E-state index contributed by atoms with van der Waals surface area (Å²) in [5.74, 6) is -8.02. The fraction of sp³-hybridized carbons (Fsp3) is 0.238. The van der Waals surface area contributed by atoms with Gasteiger partial charge in [-0.3, -0.25) is 0 Å². The van der Waals surface area contributed by atoms with Gasteiger partial charge in [0.15, 0.2) is 11.9 Å². The number of quaternary nitrogens is 2. The number of carbonyl (C=O) groups is 4. The first-order valence-electron chi connectivity index (χ1n) is 9.27. The van der Waals surface area contributed by atoms with Gasteiger partial charge in [-0.2, -0.15) is 0 Å². The molecule has 0 bridgehead atoms. The summed E-state index contributed by atoms with van der Waals surface area (Å²) in [4.78, 5) is 37.5. The number of hydrogen-bond acceptors (Lipinski definition) is 6. The predicted octanol–water partition coefficient (Wildman–Crippen LogP) is -3.22. The van der Waals surface area contributed by atoms with Crippen LogP contribution in [0.2, 0.25) is 5.02 Å². The summed E-state index contributed by atoms with van der Waals surface area (Å²) in [6, 6.07) is 19.2. The summed E-state index contributed by atoms with van der Waals surface area (Å²) in [6.07, 6.45) is 0. The standard InChI is InChI=1S/C17H21ClN2.2C2H2O4/c1-20(2)13-12-19-17(14-6-4-3-5-7-14)15-8-10-16(18)11-9-15;2*3-1(4)2(5)6/h3-11,17,19H,12-13H2,1-2H3;2*(H,3,4)(H,5,6). The van der Waals surface area contributed by atoms with E-state index < -0.39 is 23.9 Å². The van der Waals surface area contributed by atoms with Gasteiger partial charge in [-0.15, -0.1) is 0 Å². The van der Waals surface area contributed by atoms with Crippen molar-refractivity contribution in [2.75, 3.05) is 27.2 Å². The monoisotopic (exact) mass is 468 g/mol. The second kappa shape index (κ2) is 15.3. The van der Waals surface area contributed by atoms with E-state index >= 15 is 0 Å². The van der Waals surface area contributed by atoms with Crippen LogP contribution >= 0.6 is 11.6 Å². The van der Waals surface area contributed by atoms with Gasteiger partial charge in [0, 0.05) is 16.1 Å². The third-order valence-corrected chi connectivity index (χ3v) is 4.04. The zero-order valence-electron chi connectivity index (χ0n) is 17.5. The highest BCUT2D eigenvalue weighted by Crippen LogP contribution is 2.20. The molecule has 0 aromatic heterocycles. The van der Waals surface area contributed by atoms with Crippen molar-refractivity contribution in [2.45, 2.75) is 6.04 Å². The zero-order valence-corrected chi connectivity index (χ0v) is 18.2. The molecule has 0 spiro atoms. The van der Waals surface area contributed by atoms with Crippen molar-refractivity contribution in [3.05, 3.63) is 70.7 Å². The number of halogens is 1. The second-order valence-corrected chi connectivity index (χ2v) is 7.04. The first kappa shape index (κ1) is 28.5. The molecule has 10 nitrogen and oxygen atoms in total. The molecule has 11 heteroatoms. The molecular formula is C21H25ClN2O8. The lowest BCUT2D eigenvalue weighted by atomic mass is 9.99. The fourth-order valence-corrected chi connectivity index (χ4v) is 2.46. The lowest BCUT2D eigenvalue weighted by molar-refractivity contribution is -0.877. The fourth-order valence-electron chi connectivity index (χ4n) is 2.33. The van der Waals surface area contributed by atoms with Gasteiger partial charge in [-0.25, -0.2) is 9.59 Å². The van der Waals surface area contributed by atoms with Gasteiger partial charge >= 0.3 is 11.9 Å². The molecule has 0 fully saturated rings. The molecule has 2 rings (SSSR count). The van der Waals surface area contributed by atoms with E-state index in [1.807, 2.05) is 12.1 Å². The Balaban J connectivity index is 0.000000662. The lowest BCUT2D eigenvalue weighted by Gasteiger charge is -2.17. The molecule has 0 saturated heterocycles. The molecule has 0 radical (unpaired) electrons. The van der Waals surface area contributed by atoms with Crippen LogP contribution in [-0.2, 0) is 19.2 Å². The first-order valence-corrected chi connectivity index (χ1v) is 9.64. The molecule has 0 heterocycles. The van der Waals surface area contributed by atoms with E-state index in [1.165, 1.54) is 16.0 Å². The van der Waals surface area contributed by atoms with Gasteiger partial charge in [0.05, 0.1) is 14.1 Å². The Morgan fingerprint density at radius 1 is 0.875 bits per heavy atom. The van der Waals surface area contributed by atoms with E-state index in [-0.39, 0.29) is 0 Å². The maximum atomic E-state index is 9.04. The van der Waals surface area contributed by atoms with E-state index in [4.69, 9.17) is 51.2 Å². The third-order valence-electron chi connectivity index (χ3n) is 3.78. The Morgan fingerprint density at radius 2 is 1.28 bits per heavy atom. The van der Waals surface area contributed by atoms with Crippen LogP contribution in [0.5, 0.6) is 0 Å². The minimum Gasteiger partial charge on any atom is -0.539 e. The highest BCUT2D eigenvalue weighted by Gasteiger charge is 2.17. The smallest absolute Gasteiger partial charge is 0.351 e. The second-order valence-electron chi connectivity index (χ2n) is 6.61. The molecular weight excluding hydrogens is 444 g/mol. The van der Waals surface area contributed by atoms with Gasteiger partial charge in [0.25, 0.3) is 0 Å². The van der Waals surface area contributed by atoms with Crippen LogP contribution in [0, 0.1) is 0 Å². The van der Waals surface area contributed by atoms with Gasteiger partial charge < -0.3 is 40.2 Å². The van der Waals surface area contributed by atoms with Crippen LogP contribution < -0.4 is 20.4 Å². The Morgan fingerprint density at radius 3 is 1.66 bits per heavy atom. The average Bonchev–Trinajstić information content (AvgIpc) is 2.73. The van der Waals surface area contributed by atoms with Crippen molar-refractivity contribution in [1.29, 1.82) is 0 Å². The van der Waals surface area contributed by atoms with E-state index in [9.17, 15) is 0 Å². The van der Waals surface area contributed by atoms with Crippen LogP contribution in [0.3, 0.4) is 0 Å². The van der Waals surface area contributed by atoms with E-state index in [0.29, 0.717) is 6.04 Å². The van der Waals surface area contributed by atoms with Crippen LogP contribution in [0.4, 0.5) is 0 Å². The summed E-state index contributed by atoms with van der Waals surface area (Å²) in [7, 11) is 4.38. The number of carboxylic acids is 4. The molecule has 0 aliphatic rings. The Hall–Kier alpha value is -3.47. The molecule has 32 heavy (non-hydrogen) atoms. The number of likely N-dealkylation sites (N-methyl/N-ethyl adjacent to an activating group) is 1. The first-order chi connectivity index (χ1) is 15.0. The molecule has 1 unspecified atom stereocenters. The maximum Gasteiger partial charge on any atom is 0.351 e. The van der Waals surface area contributed by atoms with Crippen molar-refractivity contribution >= 4 is 35.5 Å². The van der Waals surface area contributed by atoms with Crippen molar-refractivity contribution in [1.82, 2.24) is 0 Å². The number of nitrogens with one attached hydrogen (secondary N) is 1. The van der Waals surface area contributed by atoms with Gasteiger partial charge in [0.1, 0.15) is 19.1 Å². The van der Waals surface area contributed by atoms with Gasteiger partial charge in [-0.1, -0.05) is 54.1 Å². The molecule has 5 N–H and O–H groups in total. The van der Waals surface area contributed by atoms with Crippen LogP contribution in [-0.4, -0.2) is 61.3 Å². The Bertz CT molecular complexity index is 825. The number of carboxylic acid groups (broad SMARTS) is 4. The topological polar surface area (TPSA) is 176 Å². The van der Waals surface area contributed by atoms with Crippen LogP contribution in [0.15, 0.2) is 54.6 Å². The van der Waals surface area contributed by atoms with Crippen molar-refractivity contribution in [3.63, 3.8) is 0 Å².